The van der Waals surface area contributed by atoms with Crippen LogP contribution in [0.5, 0.6) is 0 Å². The van der Waals surface area contributed by atoms with Gasteiger partial charge >= 0.3 is 0 Å². The number of fused-ring (bicyclic) bond motifs is 6. The summed E-state index contributed by atoms with van der Waals surface area (Å²) in [4.78, 5) is 0. The molecule has 11 atom stereocenters. The number of rotatable bonds is 0. The van der Waals surface area contributed by atoms with Crippen molar-refractivity contribution in [3.63, 3.8) is 0 Å². The molecule has 3 heteroatoms. The molecule has 3 saturated carbocycles. The Morgan fingerprint density at radius 2 is 1.88 bits per heavy atom. The number of allylic oxidation sites excluding steroid dienone is 1. The lowest BCUT2D eigenvalue weighted by Crippen LogP contribution is -2.53. The van der Waals surface area contributed by atoms with Crippen LogP contribution in [-0.4, -0.2) is 35.5 Å². The number of piperidine rings is 1. The van der Waals surface area contributed by atoms with E-state index in [4.69, 9.17) is 4.74 Å². The summed E-state index contributed by atoms with van der Waals surface area (Å²) >= 11 is 0. The van der Waals surface area contributed by atoms with Crippen molar-refractivity contribution in [3.05, 3.63) is 11.1 Å². The van der Waals surface area contributed by atoms with Crippen molar-refractivity contribution in [1.82, 2.24) is 5.32 Å². The van der Waals surface area contributed by atoms with Crippen LogP contribution in [-0.2, 0) is 4.74 Å². The number of aliphatic hydroxyl groups is 1. The van der Waals surface area contributed by atoms with Crippen LogP contribution in [0.15, 0.2) is 11.1 Å². The summed E-state index contributed by atoms with van der Waals surface area (Å²) < 4.78 is 7.04. The number of aliphatic hydroxyl groups excluding tert-OH is 1. The average Bonchev–Trinajstić information content (AvgIpc) is 3.19. The first-order chi connectivity index (χ1) is 15.2. The molecule has 0 unspecified atom stereocenters. The highest BCUT2D eigenvalue weighted by atomic mass is 16.5. The van der Waals surface area contributed by atoms with Gasteiger partial charge in [0, 0.05) is 12.0 Å². The molecule has 0 amide bonds. The fourth-order valence-electron chi connectivity index (χ4n) is 10.2. The lowest BCUT2D eigenvalue weighted by Gasteiger charge is -2.60. The van der Waals surface area contributed by atoms with Crippen LogP contribution in [0.4, 0.5) is 0 Å². The van der Waals surface area contributed by atoms with Crippen molar-refractivity contribution in [3.8, 4) is 0 Å². The quantitative estimate of drug-likeness (QED) is 0.463. The third-order valence-electron chi connectivity index (χ3n) is 12.3. The van der Waals surface area contributed by atoms with Gasteiger partial charge < -0.3 is 15.2 Å². The molecule has 6 aliphatic rings. The molecule has 180 valence electrons. The predicted molar refractivity (Wildman–Crippen MR) is 129 cm³/mol. The van der Waals surface area contributed by atoms with E-state index in [0.717, 1.165) is 49.5 Å². The first-order valence-corrected chi connectivity index (χ1v) is 13.9. The molecule has 0 bridgehead atoms. The fourth-order valence-corrected chi connectivity index (χ4v) is 10.2. The Labute approximate surface area is 196 Å². The maximum absolute atomic E-state index is 10.5. The van der Waals surface area contributed by atoms with Gasteiger partial charge in [-0.3, -0.25) is 0 Å². The number of nitrogens with one attached hydrogen (secondary N) is 1. The van der Waals surface area contributed by atoms with Gasteiger partial charge in [0.1, 0.15) is 0 Å². The standard InChI is InChI=1S/C29H47NO2/c1-17-12-25-26(30-16-17)19(3)29(32-25)11-8-21-22-7-9-27(4)15-20(31)6-10-28(27,5)24(22)13-23(21)18(2)14-29/h17,19-22,24-26,30-31H,6-16H2,1-5H3/t17-,19+,20+,21-,22-,24-,25+,26-,27+,28+,29-/m0/s1. The second-order valence-electron chi connectivity index (χ2n) is 13.8. The summed E-state index contributed by atoms with van der Waals surface area (Å²) in [5.41, 5.74) is 4.30. The molecule has 0 radical (unpaired) electrons. The van der Waals surface area contributed by atoms with Crippen molar-refractivity contribution in [2.24, 2.45) is 40.4 Å². The largest absolute Gasteiger partial charge is 0.393 e. The fraction of sp³-hybridized carbons (Fsp3) is 0.931. The molecule has 4 aliphatic carbocycles. The average molecular weight is 442 g/mol. The van der Waals surface area contributed by atoms with Crippen molar-refractivity contribution in [1.29, 1.82) is 0 Å². The maximum atomic E-state index is 10.5. The lowest BCUT2D eigenvalue weighted by atomic mass is 9.45. The first-order valence-electron chi connectivity index (χ1n) is 13.9. The van der Waals surface area contributed by atoms with Crippen LogP contribution in [0.25, 0.3) is 0 Å². The highest BCUT2D eigenvalue weighted by Gasteiger charge is 2.62. The van der Waals surface area contributed by atoms with Gasteiger partial charge in [0.25, 0.3) is 0 Å². The van der Waals surface area contributed by atoms with Crippen LogP contribution >= 0.6 is 0 Å². The second kappa shape index (κ2) is 7.31. The van der Waals surface area contributed by atoms with Gasteiger partial charge in [-0.25, -0.2) is 0 Å². The molecule has 2 N–H and O–H groups in total. The smallest absolute Gasteiger partial charge is 0.0765 e. The van der Waals surface area contributed by atoms with E-state index in [-0.39, 0.29) is 11.7 Å². The van der Waals surface area contributed by atoms with Crippen LogP contribution in [0.2, 0.25) is 0 Å². The zero-order chi connectivity index (χ0) is 22.5. The van der Waals surface area contributed by atoms with Crippen molar-refractivity contribution in [2.75, 3.05) is 6.54 Å². The molecular weight excluding hydrogens is 394 g/mol. The summed E-state index contributed by atoms with van der Waals surface area (Å²) in [5, 5.41) is 14.3. The molecular formula is C29H47NO2. The van der Waals surface area contributed by atoms with E-state index < -0.39 is 0 Å². The Hall–Kier alpha value is -0.380. The summed E-state index contributed by atoms with van der Waals surface area (Å²) in [5.74, 6) is 3.82. The van der Waals surface area contributed by atoms with Gasteiger partial charge in [0.05, 0.1) is 17.8 Å². The van der Waals surface area contributed by atoms with E-state index in [9.17, 15) is 5.11 Å². The predicted octanol–water partition coefficient (Wildman–Crippen LogP) is 5.86. The molecule has 3 nitrogen and oxygen atoms in total. The molecule has 2 aliphatic heterocycles. The summed E-state index contributed by atoms with van der Waals surface area (Å²) in [6, 6.07) is 0.553. The topological polar surface area (TPSA) is 41.5 Å². The monoisotopic (exact) mass is 441 g/mol. The van der Waals surface area contributed by atoms with Gasteiger partial charge in [-0.05, 0) is 112 Å². The van der Waals surface area contributed by atoms with Crippen molar-refractivity contribution in [2.45, 2.75) is 123 Å². The highest BCUT2D eigenvalue weighted by Crippen LogP contribution is 2.69. The van der Waals surface area contributed by atoms with Crippen LogP contribution < -0.4 is 5.32 Å². The molecule has 2 heterocycles. The van der Waals surface area contributed by atoms with Crippen molar-refractivity contribution < 1.29 is 9.84 Å². The number of hydrogen-bond acceptors (Lipinski definition) is 3. The van der Waals surface area contributed by atoms with E-state index in [0.29, 0.717) is 28.9 Å². The SMILES string of the molecule is CC1=C2C[C@H]3[C@@H](CC[C@]4(C)C[C@H](O)CC[C@]34C)[C@@H]2CC[C@@]2(C1)O[C@@H]1C[C@H](C)CN[C@H]1[C@H]2C. The van der Waals surface area contributed by atoms with Crippen LogP contribution in [0.1, 0.15) is 98.8 Å². The highest BCUT2D eigenvalue weighted by molar-refractivity contribution is 5.29. The summed E-state index contributed by atoms with van der Waals surface area (Å²) in [6.45, 7) is 13.6. The second-order valence-corrected chi connectivity index (χ2v) is 13.8. The summed E-state index contributed by atoms with van der Waals surface area (Å²) in [6.07, 6.45) is 12.6. The Balaban J connectivity index is 1.29. The third-order valence-corrected chi connectivity index (χ3v) is 12.3. The van der Waals surface area contributed by atoms with Crippen LogP contribution in [0.3, 0.4) is 0 Å². The number of hydrogen-bond donors (Lipinski definition) is 2. The zero-order valence-corrected chi connectivity index (χ0v) is 21.3. The molecule has 6 rings (SSSR count). The summed E-state index contributed by atoms with van der Waals surface area (Å²) in [7, 11) is 0. The maximum Gasteiger partial charge on any atom is 0.0765 e. The normalized spacial score (nSPS) is 57.6. The minimum atomic E-state index is -0.0711. The third kappa shape index (κ3) is 2.95. The Kier molecular flexibility index (Phi) is 5.05. The van der Waals surface area contributed by atoms with Gasteiger partial charge in [-0.1, -0.05) is 38.8 Å². The van der Waals surface area contributed by atoms with E-state index in [2.05, 4.69) is 39.9 Å². The van der Waals surface area contributed by atoms with Gasteiger partial charge in [-0.15, -0.1) is 0 Å². The molecule has 0 aromatic heterocycles. The van der Waals surface area contributed by atoms with Gasteiger partial charge in [0.15, 0.2) is 0 Å². The van der Waals surface area contributed by atoms with E-state index >= 15 is 0 Å². The zero-order valence-electron chi connectivity index (χ0n) is 21.3. The van der Waals surface area contributed by atoms with E-state index in [1.807, 2.05) is 5.57 Å². The molecule has 0 aromatic rings. The van der Waals surface area contributed by atoms with Crippen LogP contribution in [0, 0.1) is 40.4 Å². The van der Waals surface area contributed by atoms with E-state index in [1.165, 1.54) is 44.9 Å². The molecule has 0 aromatic carbocycles. The molecule has 2 saturated heterocycles. The minimum absolute atomic E-state index is 0.0609. The van der Waals surface area contributed by atoms with Gasteiger partial charge in [0.2, 0.25) is 0 Å². The Morgan fingerprint density at radius 1 is 1.06 bits per heavy atom. The van der Waals surface area contributed by atoms with Crippen molar-refractivity contribution >= 4 is 0 Å². The molecule has 1 spiro atoms. The van der Waals surface area contributed by atoms with Gasteiger partial charge in [-0.2, -0.15) is 0 Å². The van der Waals surface area contributed by atoms with E-state index in [1.54, 1.807) is 5.57 Å². The Bertz CT molecular complexity index is 807. The minimum Gasteiger partial charge on any atom is -0.393 e. The first kappa shape index (κ1) is 22.1. The molecule has 32 heavy (non-hydrogen) atoms. The lowest BCUT2D eigenvalue weighted by molar-refractivity contribution is -0.129. The molecule has 5 fully saturated rings. The Morgan fingerprint density at radius 3 is 2.69 bits per heavy atom. The number of ether oxygens (including phenoxy) is 1.